The summed E-state index contributed by atoms with van der Waals surface area (Å²) in [6.07, 6.45) is 5.04. The Morgan fingerprint density at radius 3 is 2.21 bits per heavy atom. The number of hydrogen-bond donors (Lipinski definition) is 0. The number of carbonyl (C=O) groups excluding carboxylic acids is 1. The molecule has 154 valence electrons. The second kappa shape index (κ2) is 8.30. The van der Waals surface area contributed by atoms with Crippen molar-refractivity contribution in [2.45, 2.75) is 55.5 Å². The minimum Gasteiger partial charge on any atom is -0.381 e. The van der Waals surface area contributed by atoms with Crippen LogP contribution in [0.2, 0.25) is 5.02 Å². The lowest BCUT2D eigenvalue weighted by Gasteiger charge is -2.43. The van der Waals surface area contributed by atoms with Crippen molar-refractivity contribution < 1.29 is 17.9 Å². The van der Waals surface area contributed by atoms with Crippen LogP contribution >= 0.6 is 11.6 Å². The lowest BCUT2D eigenvalue weighted by Crippen LogP contribution is -2.54. The highest BCUT2D eigenvalue weighted by molar-refractivity contribution is 7.89. The molecule has 1 saturated carbocycles. The number of rotatable bonds is 5. The molecule has 0 N–H and O–H groups in total. The highest BCUT2D eigenvalue weighted by Gasteiger charge is 2.42. The Balaban J connectivity index is 1.47. The number of nitrogens with zero attached hydrogens (tertiary/aromatic N) is 2. The molecule has 0 atom stereocenters. The molecular weight excluding hydrogens is 400 g/mol. The molecule has 2 aliphatic heterocycles. The molecule has 0 bridgehead atoms. The molecule has 6 nitrogen and oxygen atoms in total. The SMILES string of the molecule is O=C(C1CC1)N(C1CCOCC1)C1CCN(S(=O)(=O)c2ccccc2Cl)CC1. The van der Waals surface area contributed by atoms with Crippen LogP contribution in [0.5, 0.6) is 0 Å². The van der Waals surface area contributed by atoms with Crippen LogP contribution in [0.4, 0.5) is 0 Å². The second-order valence-corrected chi connectivity index (χ2v) is 10.2. The van der Waals surface area contributed by atoms with Gasteiger partial charge in [-0.1, -0.05) is 23.7 Å². The zero-order valence-corrected chi connectivity index (χ0v) is 17.5. The van der Waals surface area contributed by atoms with E-state index in [1.807, 2.05) is 0 Å². The van der Waals surface area contributed by atoms with E-state index < -0.39 is 10.0 Å². The Labute approximate surface area is 171 Å². The average Bonchev–Trinajstić information content (AvgIpc) is 3.55. The number of benzene rings is 1. The molecule has 2 heterocycles. The van der Waals surface area contributed by atoms with Crippen LogP contribution in [0.25, 0.3) is 0 Å². The van der Waals surface area contributed by atoms with Crippen molar-refractivity contribution in [2.24, 2.45) is 5.92 Å². The van der Waals surface area contributed by atoms with Gasteiger partial charge in [-0.15, -0.1) is 0 Å². The monoisotopic (exact) mass is 426 g/mol. The predicted molar refractivity (Wildman–Crippen MR) is 107 cm³/mol. The zero-order chi connectivity index (χ0) is 19.7. The Morgan fingerprint density at radius 1 is 1.00 bits per heavy atom. The summed E-state index contributed by atoms with van der Waals surface area (Å²) in [4.78, 5) is 15.2. The van der Waals surface area contributed by atoms with Crippen molar-refractivity contribution in [2.75, 3.05) is 26.3 Å². The third-order valence-corrected chi connectivity index (χ3v) is 8.44. The number of carbonyl (C=O) groups is 1. The first-order valence-electron chi connectivity index (χ1n) is 10.1. The maximum Gasteiger partial charge on any atom is 0.244 e. The van der Waals surface area contributed by atoms with E-state index in [2.05, 4.69) is 4.90 Å². The maximum atomic E-state index is 13.0. The van der Waals surface area contributed by atoms with Crippen LogP contribution < -0.4 is 0 Å². The van der Waals surface area contributed by atoms with Gasteiger partial charge in [0.25, 0.3) is 0 Å². The first kappa shape index (κ1) is 20.1. The Hall–Kier alpha value is -1.15. The summed E-state index contributed by atoms with van der Waals surface area (Å²) in [6, 6.07) is 6.89. The minimum atomic E-state index is -3.61. The zero-order valence-electron chi connectivity index (χ0n) is 15.9. The number of sulfonamides is 1. The van der Waals surface area contributed by atoms with E-state index in [1.54, 1.807) is 24.3 Å². The lowest BCUT2D eigenvalue weighted by atomic mass is 9.98. The number of halogens is 1. The molecule has 1 amide bonds. The third-order valence-electron chi connectivity index (χ3n) is 6.04. The molecule has 1 aromatic rings. The summed E-state index contributed by atoms with van der Waals surface area (Å²) < 4.78 is 33.0. The maximum absolute atomic E-state index is 13.0. The summed E-state index contributed by atoms with van der Waals surface area (Å²) in [5.41, 5.74) is 0. The standard InChI is InChI=1S/C20H27ClN2O4S/c21-18-3-1-2-4-19(18)28(25,26)22-11-7-16(8-12-22)23(20(24)15-5-6-15)17-9-13-27-14-10-17/h1-4,15-17H,5-14H2. The van der Waals surface area contributed by atoms with Gasteiger partial charge in [-0.05, 0) is 50.7 Å². The van der Waals surface area contributed by atoms with Crippen molar-refractivity contribution in [1.82, 2.24) is 9.21 Å². The Kier molecular flexibility index (Phi) is 5.97. The molecule has 8 heteroatoms. The second-order valence-electron chi connectivity index (χ2n) is 7.93. The lowest BCUT2D eigenvalue weighted by molar-refractivity contribution is -0.141. The number of hydrogen-bond acceptors (Lipinski definition) is 4. The topological polar surface area (TPSA) is 66.9 Å². The van der Waals surface area contributed by atoms with Gasteiger partial charge in [-0.2, -0.15) is 4.31 Å². The summed E-state index contributed by atoms with van der Waals surface area (Å²) in [7, 11) is -3.61. The fraction of sp³-hybridized carbons (Fsp3) is 0.650. The molecule has 0 spiro atoms. The molecule has 0 radical (unpaired) electrons. The van der Waals surface area contributed by atoms with Gasteiger partial charge in [0.1, 0.15) is 4.90 Å². The summed E-state index contributed by atoms with van der Waals surface area (Å²) >= 11 is 6.12. The van der Waals surface area contributed by atoms with E-state index in [1.165, 1.54) is 4.31 Å². The van der Waals surface area contributed by atoms with Gasteiger partial charge >= 0.3 is 0 Å². The molecular formula is C20H27ClN2O4S. The third kappa shape index (κ3) is 4.08. The number of ether oxygens (including phenoxy) is 1. The van der Waals surface area contributed by atoms with Crippen LogP contribution in [0.15, 0.2) is 29.2 Å². The molecule has 3 aliphatic rings. The molecule has 2 saturated heterocycles. The summed E-state index contributed by atoms with van der Waals surface area (Å²) in [6.45, 7) is 2.21. The van der Waals surface area contributed by atoms with Gasteiger partial charge in [0.05, 0.1) is 5.02 Å². The van der Waals surface area contributed by atoms with E-state index in [0.717, 1.165) is 25.7 Å². The van der Waals surface area contributed by atoms with Crippen LogP contribution in [0.3, 0.4) is 0 Å². The van der Waals surface area contributed by atoms with Crippen LogP contribution in [-0.4, -0.2) is 61.9 Å². The highest BCUT2D eigenvalue weighted by atomic mass is 35.5. The Morgan fingerprint density at radius 2 is 1.61 bits per heavy atom. The van der Waals surface area contributed by atoms with E-state index in [-0.39, 0.29) is 33.8 Å². The van der Waals surface area contributed by atoms with Crippen LogP contribution in [0.1, 0.15) is 38.5 Å². The average molecular weight is 427 g/mol. The van der Waals surface area contributed by atoms with E-state index in [9.17, 15) is 13.2 Å². The smallest absolute Gasteiger partial charge is 0.244 e. The van der Waals surface area contributed by atoms with Crippen molar-refractivity contribution >= 4 is 27.5 Å². The van der Waals surface area contributed by atoms with Gasteiger partial charge in [0, 0.05) is 44.3 Å². The normalized spacial score (nSPS) is 22.9. The van der Waals surface area contributed by atoms with E-state index >= 15 is 0 Å². The fourth-order valence-corrected chi connectivity index (χ4v) is 6.28. The molecule has 0 unspecified atom stereocenters. The van der Waals surface area contributed by atoms with Crippen molar-refractivity contribution in [3.05, 3.63) is 29.3 Å². The van der Waals surface area contributed by atoms with Crippen molar-refractivity contribution in [3.63, 3.8) is 0 Å². The quantitative estimate of drug-likeness (QED) is 0.726. The summed E-state index contributed by atoms with van der Waals surface area (Å²) in [5.74, 6) is 0.437. The van der Waals surface area contributed by atoms with Crippen molar-refractivity contribution in [1.29, 1.82) is 0 Å². The molecule has 3 fully saturated rings. The van der Waals surface area contributed by atoms with Crippen LogP contribution in [-0.2, 0) is 19.6 Å². The first-order chi connectivity index (χ1) is 13.5. The van der Waals surface area contributed by atoms with Gasteiger partial charge in [0.15, 0.2) is 0 Å². The van der Waals surface area contributed by atoms with Crippen molar-refractivity contribution in [3.8, 4) is 0 Å². The largest absolute Gasteiger partial charge is 0.381 e. The minimum absolute atomic E-state index is 0.105. The molecule has 1 aliphatic carbocycles. The molecule has 4 rings (SSSR count). The number of amides is 1. The first-order valence-corrected chi connectivity index (χ1v) is 11.9. The number of piperidine rings is 1. The predicted octanol–water partition coefficient (Wildman–Crippen LogP) is 2.91. The van der Waals surface area contributed by atoms with E-state index in [0.29, 0.717) is 39.1 Å². The highest BCUT2D eigenvalue weighted by Crippen LogP contribution is 2.36. The van der Waals surface area contributed by atoms with Gasteiger partial charge in [-0.25, -0.2) is 8.42 Å². The van der Waals surface area contributed by atoms with Gasteiger partial charge in [0.2, 0.25) is 15.9 Å². The summed E-state index contributed by atoms with van der Waals surface area (Å²) in [5, 5.41) is 0.248. The molecule has 1 aromatic carbocycles. The van der Waals surface area contributed by atoms with Crippen LogP contribution in [0, 0.1) is 5.92 Å². The van der Waals surface area contributed by atoms with Gasteiger partial charge < -0.3 is 9.64 Å². The van der Waals surface area contributed by atoms with Gasteiger partial charge in [-0.3, -0.25) is 4.79 Å². The molecule has 28 heavy (non-hydrogen) atoms. The fourth-order valence-electron chi connectivity index (χ4n) is 4.32. The Bertz CT molecular complexity index is 813. The molecule has 0 aromatic heterocycles. The van der Waals surface area contributed by atoms with E-state index in [4.69, 9.17) is 16.3 Å².